The Bertz CT molecular complexity index is 211. The zero-order valence-corrected chi connectivity index (χ0v) is 13.0. The predicted molar refractivity (Wildman–Crippen MR) is 79.2 cm³/mol. The highest BCUT2D eigenvalue weighted by atomic mass is 16.3. The van der Waals surface area contributed by atoms with E-state index in [0.29, 0.717) is 5.78 Å². The molecule has 3 heteroatoms. The van der Waals surface area contributed by atoms with E-state index in [1.165, 1.54) is 25.7 Å². The summed E-state index contributed by atoms with van der Waals surface area (Å²) in [6, 6.07) is 0. The van der Waals surface area contributed by atoms with Crippen molar-refractivity contribution in [2.24, 2.45) is 0 Å². The number of hydrogen-bond donors (Lipinski definition) is 2. The Balaban J connectivity index is 0.000000261. The lowest BCUT2D eigenvalue weighted by Gasteiger charge is -2.14. The summed E-state index contributed by atoms with van der Waals surface area (Å²) in [5.41, 5.74) is -0.500. The van der Waals surface area contributed by atoms with Crippen LogP contribution in [0.1, 0.15) is 85.0 Å². The van der Waals surface area contributed by atoms with Gasteiger partial charge in [-0.05, 0) is 46.5 Å². The maximum absolute atomic E-state index is 10.5. The standard InChI is InChI=1S/C6H12O.C6H10O.C4H10O/c2*7-6-4-2-1-3-5-6;1-4(2,3)5/h6-7H,1-5H2;1-5H2;5H,1-3H3. The minimum atomic E-state index is -0.500. The summed E-state index contributed by atoms with van der Waals surface area (Å²) >= 11 is 0. The van der Waals surface area contributed by atoms with Crippen molar-refractivity contribution in [2.75, 3.05) is 0 Å². The van der Waals surface area contributed by atoms with Crippen LogP contribution in [-0.2, 0) is 4.79 Å². The zero-order valence-electron chi connectivity index (χ0n) is 13.0. The van der Waals surface area contributed by atoms with Crippen molar-refractivity contribution in [2.45, 2.75) is 96.7 Å². The maximum Gasteiger partial charge on any atom is 0.132 e. The van der Waals surface area contributed by atoms with Crippen LogP contribution in [0.4, 0.5) is 0 Å². The predicted octanol–water partition coefficient (Wildman–Crippen LogP) is 3.61. The molecule has 0 amide bonds. The molecule has 0 atom stereocenters. The second-order valence-electron chi connectivity index (χ2n) is 6.56. The normalized spacial score (nSPS) is 20.8. The second kappa shape index (κ2) is 10.4. The molecule has 2 fully saturated rings. The van der Waals surface area contributed by atoms with Crippen LogP contribution < -0.4 is 0 Å². The van der Waals surface area contributed by atoms with Gasteiger partial charge >= 0.3 is 0 Å². The average molecular weight is 272 g/mol. The zero-order chi connectivity index (χ0) is 14.7. The molecule has 0 bridgehead atoms. The molecule has 0 unspecified atom stereocenters. The Morgan fingerprint density at radius 3 is 1.47 bits per heavy atom. The van der Waals surface area contributed by atoms with E-state index in [1.807, 2.05) is 0 Å². The Morgan fingerprint density at radius 1 is 0.895 bits per heavy atom. The topological polar surface area (TPSA) is 57.5 Å². The fourth-order valence-electron chi connectivity index (χ4n) is 2.03. The summed E-state index contributed by atoms with van der Waals surface area (Å²) in [5, 5.41) is 17.4. The SMILES string of the molecule is CC(C)(C)O.O=C1CCCCC1.OC1CCCCC1. The first-order valence-electron chi connectivity index (χ1n) is 7.71. The molecule has 0 aromatic carbocycles. The lowest BCUT2D eigenvalue weighted by atomic mass is 9.98. The molecular formula is C16H32O3. The van der Waals surface area contributed by atoms with Gasteiger partial charge in [-0.2, -0.15) is 0 Å². The van der Waals surface area contributed by atoms with E-state index in [-0.39, 0.29) is 6.10 Å². The van der Waals surface area contributed by atoms with Gasteiger partial charge in [0.15, 0.2) is 0 Å². The van der Waals surface area contributed by atoms with Crippen molar-refractivity contribution >= 4 is 5.78 Å². The molecule has 0 saturated heterocycles. The Kier molecular flexibility index (Phi) is 10.2. The molecule has 114 valence electrons. The lowest BCUT2D eigenvalue weighted by molar-refractivity contribution is -0.120. The molecule has 2 N–H and O–H groups in total. The highest BCUT2D eigenvalue weighted by molar-refractivity contribution is 5.78. The van der Waals surface area contributed by atoms with Gasteiger partial charge in [-0.1, -0.05) is 25.7 Å². The quantitative estimate of drug-likeness (QED) is 0.708. The number of carbonyl (C=O) groups excluding carboxylic acids is 1. The van der Waals surface area contributed by atoms with Crippen molar-refractivity contribution in [3.63, 3.8) is 0 Å². The summed E-state index contributed by atoms with van der Waals surface area (Å²) in [6.45, 7) is 5.23. The minimum Gasteiger partial charge on any atom is -0.393 e. The van der Waals surface area contributed by atoms with Crippen LogP contribution in [0, 0.1) is 0 Å². The fourth-order valence-corrected chi connectivity index (χ4v) is 2.03. The number of hydrogen-bond acceptors (Lipinski definition) is 3. The molecule has 0 spiro atoms. The van der Waals surface area contributed by atoms with Gasteiger partial charge in [-0.25, -0.2) is 0 Å². The van der Waals surface area contributed by atoms with Crippen LogP contribution >= 0.6 is 0 Å². The monoisotopic (exact) mass is 272 g/mol. The number of rotatable bonds is 0. The van der Waals surface area contributed by atoms with Crippen molar-refractivity contribution in [3.05, 3.63) is 0 Å². The van der Waals surface area contributed by atoms with Gasteiger partial charge < -0.3 is 10.2 Å². The van der Waals surface area contributed by atoms with Crippen molar-refractivity contribution in [1.82, 2.24) is 0 Å². The van der Waals surface area contributed by atoms with E-state index in [0.717, 1.165) is 38.5 Å². The van der Waals surface area contributed by atoms with Crippen LogP contribution in [0.25, 0.3) is 0 Å². The van der Waals surface area contributed by atoms with Crippen LogP contribution in [0.5, 0.6) is 0 Å². The summed E-state index contributed by atoms with van der Waals surface area (Å²) in [5.74, 6) is 0.464. The number of Topliss-reactive ketones (excluding diaryl/α,β-unsaturated/α-hetero) is 1. The third kappa shape index (κ3) is 17.6. The minimum absolute atomic E-state index is 0.0359. The number of ketones is 1. The van der Waals surface area contributed by atoms with Gasteiger partial charge in [-0.3, -0.25) is 4.79 Å². The summed E-state index contributed by atoms with van der Waals surface area (Å²) < 4.78 is 0. The smallest absolute Gasteiger partial charge is 0.132 e. The molecule has 0 radical (unpaired) electrons. The molecular weight excluding hydrogens is 240 g/mol. The van der Waals surface area contributed by atoms with Gasteiger partial charge in [0.1, 0.15) is 5.78 Å². The number of aliphatic hydroxyl groups excluding tert-OH is 1. The molecule has 2 aliphatic carbocycles. The Hall–Kier alpha value is -0.410. The van der Waals surface area contributed by atoms with Gasteiger partial charge in [-0.15, -0.1) is 0 Å². The molecule has 2 rings (SSSR count). The second-order valence-corrected chi connectivity index (χ2v) is 6.56. The van der Waals surface area contributed by atoms with E-state index >= 15 is 0 Å². The van der Waals surface area contributed by atoms with E-state index in [4.69, 9.17) is 10.2 Å². The molecule has 0 aliphatic heterocycles. The summed E-state index contributed by atoms with van der Waals surface area (Å²) in [7, 11) is 0. The Morgan fingerprint density at radius 2 is 1.26 bits per heavy atom. The highest BCUT2D eigenvalue weighted by Crippen LogP contribution is 2.16. The van der Waals surface area contributed by atoms with Crippen molar-refractivity contribution in [1.29, 1.82) is 0 Å². The first kappa shape index (κ1) is 18.6. The average Bonchev–Trinajstić information content (AvgIpc) is 2.29. The third-order valence-corrected chi connectivity index (χ3v) is 2.99. The van der Waals surface area contributed by atoms with E-state index in [9.17, 15) is 4.79 Å². The lowest BCUT2D eigenvalue weighted by Crippen LogP contribution is -2.10. The molecule has 0 aromatic rings. The summed E-state index contributed by atoms with van der Waals surface area (Å²) in [6.07, 6.45) is 11.2. The van der Waals surface area contributed by atoms with Gasteiger partial charge in [0.25, 0.3) is 0 Å². The molecule has 2 aliphatic rings. The maximum atomic E-state index is 10.5. The molecule has 2 saturated carbocycles. The van der Waals surface area contributed by atoms with Crippen LogP contribution in [-0.4, -0.2) is 27.7 Å². The highest BCUT2D eigenvalue weighted by Gasteiger charge is 2.07. The third-order valence-electron chi connectivity index (χ3n) is 2.99. The van der Waals surface area contributed by atoms with Crippen molar-refractivity contribution < 1.29 is 15.0 Å². The van der Waals surface area contributed by atoms with Gasteiger partial charge in [0.2, 0.25) is 0 Å². The van der Waals surface area contributed by atoms with Crippen LogP contribution in [0.15, 0.2) is 0 Å². The fraction of sp³-hybridized carbons (Fsp3) is 0.938. The van der Waals surface area contributed by atoms with Crippen molar-refractivity contribution in [3.8, 4) is 0 Å². The molecule has 19 heavy (non-hydrogen) atoms. The van der Waals surface area contributed by atoms with E-state index in [2.05, 4.69) is 0 Å². The number of aliphatic hydroxyl groups is 2. The van der Waals surface area contributed by atoms with Gasteiger partial charge in [0.05, 0.1) is 11.7 Å². The van der Waals surface area contributed by atoms with E-state index < -0.39 is 5.60 Å². The van der Waals surface area contributed by atoms with Gasteiger partial charge in [0, 0.05) is 12.8 Å². The first-order chi connectivity index (χ1) is 8.79. The van der Waals surface area contributed by atoms with Crippen LogP contribution in [0.3, 0.4) is 0 Å². The molecule has 3 nitrogen and oxygen atoms in total. The molecule has 0 heterocycles. The van der Waals surface area contributed by atoms with Crippen LogP contribution in [0.2, 0.25) is 0 Å². The number of carbonyl (C=O) groups is 1. The molecule has 0 aromatic heterocycles. The Labute approximate surface area is 118 Å². The van der Waals surface area contributed by atoms with E-state index in [1.54, 1.807) is 20.8 Å². The first-order valence-corrected chi connectivity index (χ1v) is 7.71. The largest absolute Gasteiger partial charge is 0.393 e. The summed E-state index contributed by atoms with van der Waals surface area (Å²) in [4.78, 5) is 10.5.